The molecule has 0 aliphatic carbocycles. The number of morpholine rings is 1. The fourth-order valence-corrected chi connectivity index (χ4v) is 4.19. The fraction of sp³-hybridized carbons (Fsp3) is 0.423. The first-order valence-electron chi connectivity index (χ1n) is 11.9. The summed E-state index contributed by atoms with van der Waals surface area (Å²) < 4.78 is 12.6. The Labute approximate surface area is 199 Å². The van der Waals surface area contributed by atoms with E-state index in [9.17, 15) is 9.59 Å². The molecule has 0 atom stereocenters. The van der Waals surface area contributed by atoms with Crippen LogP contribution < -0.4 is 10.1 Å². The summed E-state index contributed by atoms with van der Waals surface area (Å²) >= 11 is 0. The summed E-state index contributed by atoms with van der Waals surface area (Å²) in [5.41, 5.74) is 2.50. The number of unbranched alkanes of at least 4 members (excludes halogenated alkanes) is 2. The van der Waals surface area contributed by atoms with Gasteiger partial charge in [-0.05, 0) is 43.2 Å². The van der Waals surface area contributed by atoms with Crippen molar-refractivity contribution in [2.45, 2.75) is 32.2 Å². The molecule has 1 saturated heterocycles. The molecule has 2 heterocycles. The summed E-state index contributed by atoms with van der Waals surface area (Å²) in [6.45, 7) is 3.38. The van der Waals surface area contributed by atoms with Gasteiger partial charge in [-0.1, -0.05) is 24.6 Å². The highest BCUT2D eigenvalue weighted by atomic mass is 16.5. The SMILES string of the molecule is COc1cccc(C(=O)NCCCCCc2nc3ccccc3n2CC(=O)N2CCOCC2)c1. The number of hydrogen-bond acceptors (Lipinski definition) is 5. The van der Waals surface area contributed by atoms with Crippen molar-refractivity contribution in [1.82, 2.24) is 19.8 Å². The number of rotatable bonds is 10. The smallest absolute Gasteiger partial charge is 0.251 e. The van der Waals surface area contributed by atoms with E-state index in [2.05, 4.69) is 9.88 Å². The number of aromatic nitrogens is 2. The topological polar surface area (TPSA) is 85.7 Å². The van der Waals surface area contributed by atoms with Gasteiger partial charge in [0.05, 0.1) is 31.4 Å². The maximum absolute atomic E-state index is 12.9. The number of para-hydroxylation sites is 2. The van der Waals surface area contributed by atoms with Gasteiger partial charge in [-0.3, -0.25) is 9.59 Å². The van der Waals surface area contributed by atoms with Crippen LogP contribution in [0.3, 0.4) is 0 Å². The van der Waals surface area contributed by atoms with Crippen LogP contribution in [0.15, 0.2) is 48.5 Å². The normalized spacial score (nSPS) is 13.7. The zero-order chi connectivity index (χ0) is 23.8. The van der Waals surface area contributed by atoms with Crippen molar-refractivity contribution in [3.63, 3.8) is 0 Å². The third kappa shape index (κ3) is 5.94. The minimum absolute atomic E-state index is 0.0951. The number of nitrogens with zero attached hydrogens (tertiary/aromatic N) is 3. The van der Waals surface area contributed by atoms with E-state index in [1.165, 1.54) is 0 Å². The summed E-state index contributed by atoms with van der Waals surface area (Å²) in [7, 11) is 1.59. The lowest BCUT2D eigenvalue weighted by Crippen LogP contribution is -2.42. The lowest BCUT2D eigenvalue weighted by molar-refractivity contribution is -0.135. The van der Waals surface area contributed by atoms with Crippen LogP contribution in [0, 0.1) is 0 Å². The molecule has 3 aromatic rings. The van der Waals surface area contributed by atoms with Gasteiger partial charge in [0.1, 0.15) is 18.1 Å². The Balaban J connectivity index is 1.28. The van der Waals surface area contributed by atoms with Crippen LogP contribution in [0.2, 0.25) is 0 Å². The molecule has 8 nitrogen and oxygen atoms in total. The van der Waals surface area contributed by atoms with E-state index in [1.54, 1.807) is 19.2 Å². The van der Waals surface area contributed by atoms with Crippen molar-refractivity contribution in [1.29, 1.82) is 0 Å². The highest BCUT2D eigenvalue weighted by Gasteiger charge is 2.20. The third-order valence-corrected chi connectivity index (χ3v) is 6.09. The van der Waals surface area contributed by atoms with Gasteiger partial charge in [0, 0.05) is 31.6 Å². The highest BCUT2D eigenvalue weighted by Crippen LogP contribution is 2.19. The number of carbonyl (C=O) groups is 2. The van der Waals surface area contributed by atoms with E-state index < -0.39 is 0 Å². The largest absolute Gasteiger partial charge is 0.497 e. The number of benzene rings is 2. The van der Waals surface area contributed by atoms with Gasteiger partial charge in [-0.15, -0.1) is 0 Å². The maximum atomic E-state index is 12.9. The van der Waals surface area contributed by atoms with Crippen molar-refractivity contribution in [3.8, 4) is 5.75 Å². The summed E-state index contributed by atoms with van der Waals surface area (Å²) in [5, 5.41) is 2.97. The van der Waals surface area contributed by atoms with Crippen LogP contribution in [0.4, 0.5) is 0 Å². The van der Waals surface area contributed by atoms with Gasteiger partial charge in [0.2, 0.25) is 5.91 Å². The number of carbonyl (C=O) groups excluding carboxylic acids is 2. The first-order valence-corrected chi connectivity index (χ1v) is 11.9. The van der Waals surface area contributed by atoms with Gasteiger partial charge in [0.15, 0.2) is 0 Å². The molecule has 1 aliphatic rings. The van der Waals surface area contributed by atoms with Crippen molar-refractivity contribution >= 4 is 22.8 Å². The molecule has 0 unspecified atom stereocenters. The molecule has 0 saturated carbocycles. The Kier molecular flexibility index (Phi) is 8.14. The standard InChI is InChI=1S/C26H32N4O4/c1-33-21-9-7-8-20(18-21)26(32)27-13-6-2-3-12-24-28-22-10-4-5-11-23(22)30(24)19-25(31)29-14-16-34-17-15-29/h4-5,7-11,18H,2-3,6,12-17,19H2,1H3,(H,27,32). The van der Waals surface area contributed by atoms with Crippen LogP contribution >= 0.6 is 0 Å². The first kappa shape index (κ1) is 23.8. The molecule has 180 valence electrons. The van der Waals surface area contributed by atoms with Gasteiger partial charge in [-0.2, -0.15) is 0 Å². The molecule has 8 heteroatoms. The monoisotopic (exact) mass is 464 g/mol. The van der Waals surface area contributed by atoms with E-state index in [4.69, 9.17) is 14.5 Å². The average molecular weight is 465 g/mol. The Bertz CT molecular complexity index is 1120. The quantitative estimate of drug-likeness (QED) is 0.466. The second-order valence-corrected chi connectivity index (χ2v) is 8.39. The molecule has 1 fully saturated rings. The number of amides is 2. The van der Waals surface area contributed by atoms with Gasteiger partial charge in [-0.25, -0.2) is 4.98 Å². The molecule has 1 N–H and O–H groups in total. The number of fused-ring (bicyclic) bond motifs is 1. The summed E-state index contributed by atoms with van der Waals surface area (Å²) in [6.07, 6.45) is 3.56. The second kappa shape index (κ2) is 11.7. The Morgan fingerprint density at radius 2 is 1.88 bits per heavy atom. The van der Waals surface area contributed by atoms with Crippen LogP contribution in [0.1, 0.15) is 35.4 Å². The van der Waals surface area contributed by atoms with E-state index in [-0.39, 0.29) is 11.8 Å². The van der Waals surface area contributed by atoms with Gasteiger partial charge in [0.25, 0.3) is 5.91 Å². The molecular formula is C26H32N4O4. The number of aryl methyl sites for hydroxylation is 1. The minimum Gasteiger partial charge on any atom is -0.497 e. The number of hydrogen-bond donors (Lipinski definition) is 1. The Morgan fingerprint density at radius 3 is 2.71 bits per heavy atom. The fourth-order valence-electron chi connectivity index (χ4n) is 4.19. The molecule has 1 aromatic heterocycles. The van der Waals surface area contributed by atoms with E-state index >= 15 is 0 Å². The van der Waals surface area contributed by atoms with E-state index in [0.717, 1.165) is 42.5 Å². The predicted octanol–water partition coefficient (Wildman–Crippen LogP) is 3.05. The molecule has 0 radical (unpaired) electrons. The Morgan fingerprint density at radius 1 is 1.06 bits per heavy atom. The first-order chi connectivity index (χ1) is 16.7. The molecule has 0 spiro atoms. The van der Waals surface area contributed by atoms with E-state index in [1.807, 2.05) is 41.3 Å². The number of imidazole rings is 1. The molecule has 4 rings (SSSR count). The number of ether oxygens (including phenoxy) is 2. The lowest BCUT2D eigenvalue weighted by atomic mass is 10.1. The lowest BCUT2D eigenvalue weighted by Gasteiger charge is -2.27. The summed E-state index contributed by atoms with van der Waals surface area (Å²) in [6, 6.07) is 15.1. The van der Waals surface area contributed by atoms with Crippen molar-refractivity contribution in [2.24, 2.45) is 0 Å². The van der Waals surface area contributed by atoms with Crippen molar-refractivity contribution < 1.29 is 19.1 Å². The van der Waals surface area contributed by atoms with Gasteiger partial charge < -0.3 is 24.3 Å². The highest BCUT2D eigenvalue weighted by molar-refractivity contribution is 5.94. The van der Waals surface area contributed by atoms with Crippen LogP contribution in [-0.4, -0.2) is 66.2 Å². The molecule has 2 aromatic carbocycles. The van der Waals surface area contributed by atoms with Crippen molar-refractivity contribution in [2.75, 3.05) is 40.0 Å². The number of nitrogens with one attached hydrogen (secondary N) is 1. The average Bonchev–Trinajstić information content (AvgIpc) is 3.23. The van der Waals surface area contributed by atoms with Gasteiger partial charge >= 0.3 is 0 Å². The second-order valence-electron chi connectivity index (χ2n) is 8.39. The molecule has 0 bridgehead atoms. The summed E-state index contributed by atoms with van der Waals surface area (Å²) in [5.74, 6) is 1.61. The maximum Gasteiger partial charge on any atom is 0.251 e. The third-order valence-electron chi connectivity index (χ3n) is 6.09. The zero-order valence-electron chi connectivity index (χ0n) is 19.7. The van der Waals surface area contributed by atoms with Crippen molar-refractivity contribution in [3.05, 3.63) is 59.9 Å². The Hall–Kier alpha value is -3.39. The van der Waals surface area contributed by atoms with Crippen LogP contribution in [-0.2, 0) is 22.5 Å². The van der Waals surface area contributed by atoms with Crippen LogP contribution in [0.5, 0.6) is 5.75 Å². The van der Waals surface area contributed by atoms with Crippen LogP contribution in [0.25, 0.3) is 11.0 Å². The molecule has 34 heavy (non-hydrogen) atoms. The minimum atomic E-state index is -0.0951. The molecular weight excluding hydrogens is 432 g/mol. The predicted molar refractivity (Wildman–Crippen MR) is 130 cm³/mol. The van der Waals surface area contributed by atoms with E-state index in [0.29, 0.717) is 50.7 Å². The summed E-state index contributed by atoms with van der Waals surface area (Å²) in [4.78, 5) is 31.9. The molecule has 1 aliphatic heterocycles. The zero-order valence-corrected chi connectivity index (χ0v) is 19.7. The molecule has 2 amide bonds. The number of methoxy groups -OCH3 is 1.